The lowest BCUT2D eigenvalue weighted by Crippen LogP contribution is -2.31. The highest BCUT2D eigenvalue weighted by Crippen LogP contribution is 2.20. The summed E-state index contributed by atoms with van der Waals surface area (Å²) in [7, 11) is 1.24. The van der Waals surface area contributed by atoms with Crippen molar-refractivity contribution >= 4 is 46.8 Å². The van der Waals surface area contributed by atoms with E-state index in [9.17, 15) is 28.9 Å². The molecule has 0 bridgehead atoms. The highest BCUT2D eigenvalue weighted by atomic mass is 35.5. The van der Waals surface area contributed by atoms with Crippen molar-refractivity contribution in [1.82, 2.24) is 5.32 Å². The van der Waals surface area contributed by atoms with E-state index in [4.69, 9.17) is 11.6 Å². The molecule has 0 spiro atoms. The van der Waals surface area contributed by atoms with E-state index < -0.39 is 28.5 Å². The fourth-order valence-electron chi connectivity index (χ4n) is 2.92. The first-order valence-corrected chi connectivity index (χ1v) is 10.3. The van der Waals surface area contributed by atoms with Crippen LogP contribution in [0.3, 0.4) is 0 Å². The van der Waals surface area contributed by atoms with Gasteiger partial charge in [-0.1, -0.05) is 23.7 Å². The largest absolute Gasteiger partial charge is 0.465 e. The van der Waals surface area contributed by atoms with Gasteiger partial charge >= 0.3 is 5.97 Å². The van der Waals surface area contributed by atoms with Crippen LogP contribution in [0.15, 0.2) is 72.4 Å². The number of hydrogen-bond donors (Lipinski definition) is 2. The van der Waals surface area contributed by atoms with E-state index >= 15 is 0 Å². The van der Waals surface area contributed by atoms with Gasteiger partial charge in [-0.25, -0.2) is 9.18 Å². The number of methoxy groups -OCH3 is 1. The van der Waals surface area contributed by atoms with Crippen molar-refractivity contribution in [3.8, 4) is 0 Å². The molecule has 9 nitrogen and oxygen atoms in total. The molecule has 0 saturated heterocycles. The average molecular weight is 498 g/mol. The third-order valence-corrected chi connectivity index (χ3v) is 4.94. The van der Waals surface area contributed by atoms with Gasteiger partial charge in [-0.15, -0.1) is 0 Å². The summed E-state index contributed by atoms with van der Waals surface area (Å²) < 4.78 is 18.0. The molecule has 2 amide bonds. The molecule has 0 aliphatic rings. The molecule has 178 valence electrons. The number of halogens is 2. The van der Waals surface area contributed by atoms with Gasteiger partial charge in [0.25, 0.3) is 17.5 Å². The third-order valence-electron chi connectivity index (χ3n) is 4.62. The fourth-order valence-corrected chi connectivity index (χ4v) is 3.18. The van der Waals surface area contributed by atoms with Gasteiger partial charge in [-0.05, 0) is 54.1 Å². The van der Waals surface area contributed by atoms with E-state index in [1.165, 1.54) is 61.7 Å². The molecule has 0 aromatic heterocycles. The third kappa shape index (κ3) is 6.49. The van der Waals surface area contributed by atoms with Crippen LogP contribution in [-0.2, 0) is 9.53 Å². The first-order chi connectivity index (χ1) is 16.7. The Kier molecular flexibility index (Phi) is 7.90. The van der Waals surface area contributed by atoms with Gasteiger partial charge in [0.15, 0.2) is 0 Å². The van der Waals surface area contributed by atoms with Crippen molar-refractivity contribution in [2.45, 2.75) is 0 Å². The Hall–Kier alpha value is -4.57. The normalized spacial score (nSPS) is 10.9. The molecular weight excluding hydrogens is 481 g/mol. The molecule has 3 rings (SSSR count). The second kappa shape index (κ2) is 11.0. The molecule has 0 saturated carbocycles. The number of nitro groups is 1. The average Bonchev–Trinajstić information content (AvgIpc) is 2.83. The summed E-state index contributed by atoms with van der Waals surface area (Å²) in [6.45, 7) is 0. The number of rotatable bonds is 7. The number of hydrogen-bond acceptors (Lipinski definition) is 6. The molecule has 3 aromatic carbocycles. The smallest absolute Gasteiger partial charge is 0.337 e. The fraction of sp³-hybridized carbons (Fsp3) is 0.0417. The number of anilines is 1. The lowest BCUT2D eigenvalue weighted by molar-refractivity contribution is -0.384. The lowest BCUT2D eigenvalue weighted by atomic mass is 10.1. The van der Waals surface area contributed by atoms with Crippen molar-refractivity contribution in [2.75, 3.05) is 12.4 Å². The molecule has 0 aliphatic heterocycles. The van der Waals surface area contributed by atoms with Crippen molar-refractivity contribution in [2.24, 2.45) is 0 Å². The summed E-state index contributed by atoms with van der Waals surface area (Å²) in [4.78, 5) is 47.9. The number of nitrogens with one attached hydrogen (secondary N) is 2. The SMILES string of the molecule is COC(=O)c1ccc(NC(=O)C(=Cc2cccc([N+](=O)[O-])c2)NC(=O)c2ccc(F)cc2Cl)cc1. The Morgan fingerprint density at radius 1 is 1.06 bits per heavy atom. The van der Waals surface area contributed by atoms with Crippen LogP contribution < -0.4 is 10.6 Å². The van der Waals surface area contributed by atoms with Gasteiger partial charge in [0.2, 0.25) is 0 Å². The zero-order valence-corrected chi connectivity index (χ0v) is 18.8. The first-order valence-electron chi connectivity index (χ1n) is 9.90. The second-order valence-corrected chi connectivity index (χ2v) is 7.42. The van der Waals surface area contributed by atoms with Crippen LogP contribution in [0.1, 0.15) is 26.3 Å². The van der Waals surface area contributed by atoms with Crippen LogP contribution >= 0.6 is 11.6 Å². The zero-order valence-electron chi connectivity index (χ0n) is 18.1. The van der Waals surface area contributed by atoms with Crippen molar-refractivity contribution in [3.63, 3.8) is 0 Å². The predicted molar refractivity (Wildman–Crippen MR) is 126 cm³/mol. The lowest BCUT2D eigenvalue weighted by Gasteiger charge is -2.12. The number of non-ortho nitro benzene ring substituents is 1. The van der Waals surface area contributed by atoms with Gasteiger partial charge < -0.3 is 15.4 Å². The summed E-state index contributed by atoms with van der Waals surface area (Å²) >= 11 is 5.95. The van der Waals surface area contributed by atoms with E-state index in [1.54, 1.807) is 0 Å². The number of carbonyl (C=O) groups is 3. The maximum atomic E-state index is 13.4. The second-order valence-electron chi connectivity index (χ2n) is 7.01. The summed E-state index contributed by atoms with van der Waals surface area (Å²) in [5.41, 5.74) is 0.237. The highest BCUT2D eigenvalue weighted by molar-refractivity contribution is 6.34. The van der Waals surface area contributed by atoms with Gasteiger partial charge in [0.05, 0.1) is 28.2 Å². The molecule has 11 heteroatoms. The van der Waals surface area contributed by atoms with Gasteiger partial charge in [-0.2, -0.15) is 0 Å². The molecule has 2 N–H and O–H groups in total. The first kappa shape index (κ1) is 25.1. The molecule has 35 heavy (non-hydrogen) atoms. The Morgan fingerprint density at radius 2 is 1.77 bits per heavy atom. The molecule has 0 aliphatic carbocycles. The number of nitro benzene ring substituents is 1. The van der Waals surface area contributed by atoms with E-state index in [0.29, 0.717) is 5.69 Å². The van der Waals surface area contributed by atoms with E-state index in [1.807, 2.05) is 0 Å². The van der Waals surface area contributed by atoms with Crippen LogP contribution in [0, 0.1) is 15.9 Å². The number of benzene rings is 3. The number of esters is 1. The van der Waals surface area contributed by atoms with Crippen molar-refractivity contribution < 1.29 is 28.4 Å². The number of carbonyl (C=O) groups excluding carboxylic acids is 3. The minimum Gasteiger partial charge on any atom is -0.465 e. The standard InChI is InChI=1S/C24H17ClFN3O6/c1-35-24(32)15-5-8-17(9-6-15)27-23(31)21(12-14-3-2-4-18(11-14)29(33)34)28-22(30)19-10-7-16(26)13-20(19)25/h2-13H,1H3,(H,27,31)(H,28,30). The summed E-state index contributed by atoms with van der Waals surface area (Å²) in [5, 5.41) is 15.9. The molecule has 0 atom stereocenters. The zero-order chi connectivity index (χ0) is 25.5. The minimum atomic E-state index is -0.803. The maximum absolute atomic E-state index is 13.4. The summed E-state index contributed by atoms with van der Waals surface area (Å²) in [6.07, 6.45) is 1.24. The van der Waals surface area contributed by atoms with Gasteiger partial charge in [0, 0.05) is 17.8 Å². The summed E-state index contributed by atoms with van der Waals surface area (Å²) in [6, 6.07) is 14.3. The molecule has 0 fully saturated rings. The maximum Gasteiger partial charge on any atom is 0.337 e. The van der Waals surface area contributed by atoms with Gasteiger partial charge in [0.1, 0.15) is 11.5 Å². The molecule has 0 unspecified atom stereocenters. The van der Waals surface area contributed by atoms with Crippen molar-refractivity contribution in [1.29, 1.82) is 0 Å². The molecule has 0 radical (unpaired) electrons. The quantitative estimate of drug-likeness (QED) is 0.213. The van der Waals surface area contributed by atoms with E-state index in [-0.39, 0.29) is 33.1 Å². The van der Waals surface area contributed by atoms with E-state index in [2.05, 4.69) is 15.4 Å². The van der Waals surface area contributed by atoms with Gasteiger partial charge in [-0.3, -0.25) is 19.7 Å². The topological polar surface area (TPSA) is 128 Å². The Bertz CT molecular complexity index is 1340. The van der Waals surface area contributed by atoms with Crippen LogP contribution in [0.25, 0.3) is 6.08 Å². The van der Waals surface area contributed by atoms with E-state index in [0.717, 1.165) is 18.2 Å². The monoisotopic (exact) mass is 497 g/mol. The number of nitrogens with zero attached hydrogens (tertiary/aromatic N) is 1. The minimum absolute atomic E-state index is 0.0896. The van der Waals surface area contributed by atoms with Crippen LogP contribution in [0.5, 0.6) is 0 Å². The number of amides is 2. The number of ether oxygens (including phenoxy) is 1. The Labute approximate surface area is 203 Å². The predicted octanol–water partition coefficient (Wildman–Crippen LogP) is 4.58. The van der Waals surface area contributed by atoms with Crippen LogP contribution in [0.4, 0.5) is 15.8 Å². The highest BCUT2D eigenvalue weighted by Gasteiger charge is 2.18. The Morgan fingerprint density at radius 3 is 2.40 bits per heavy atom. The molecular formula is C24H17ClFN3O6. The van der Waals surface area contributed by atoms with Crippen LogP contribution in [0.2, 0.25) is 5.02 Å². The van der Waals surface area contributed by atoms with Crippen LogP contribution in [-0.4, -0.2) is 29.8 Å². The Balaban J connectivity index is 1.93. The summed E-state index contributed by atoms with van der Waals surface area (Å²) in [5.74, 6) is -2.78. The molecule has 3 aromatic rings. The molecule has 0 heterocycles. The van der Waals surface area contributed by atoms with Crippen molar-refractivity contribution in [3.05, 3.63) is 110 Å².